The Hall–Kier alpha value is -0.333. The third kappa shape index (κ3) is 3.16. The zero-order chi connectivity index (χ0) is 13.8. The highest BCUT2D eigenvalue weighted by atomic mass is 32.1. The Morgan fingerprint density at radius 1 is 0.889 bits per heavy atom. The van der Waals surface area contributed by atoms with Crippen molar-refractivity contribution < 1.29 is 13.3 Å². The van der Waals surface area contributed by atoms with Crippen molar-refractivity contribution >= 4 is 21.4 Å². The lowest BCUT2D eigenvalue weighted by Gasteiger charge is -2.30. The van der Waals surface area contributed by atoms with Crippen LogP contribution in [0.2, 0.25) is 0 Å². The molecule has 0 aliphatic rings. The monoisotopic (exact) mass is 286 g/mol. The van der Waals surface area contributed by atoms with Crippen LogP contribution >= 0.6 is 12.6 Å². The summed E-state index contributed by atoms with van der Waals surface area (Å²) in [4.78, 5) is 0. The minimum atomic E-state index is -2.63. The van der Waals surface area contributed by atoms with Crippen molar-refractivity contribution in [1.82, 2.24) is 0 Å². The van der Waals surface area contributed by atoms with Crippen LogP contribution < -0.4 is 0 Å². The Morgan fingerprint density at radius 3 is 1.61 bits per heavy atom. The maximum Gasteiger partial charge on any atom is 0.507 e. The molecular weight excluding hydrogens is 264 g/mol. The van der Waals surface area contributed by atoms with Gasteiger partial charge in [0.25, 0.3) is 0 Å². The third-order valence-electron chi connectivity index (χ3n) is 3.30. The van der Waals surface area contributed by atoms with Crippen LogP contribution in [0.15, 0.2) is 24.3 Å². The summed E-state index contributed by atoms with van der Waals surface area (Å²) in [6.07, 6.45) is 0. The van der Waals surface area contributed by atoms with Gasteiger partial charge in [0.15, 0.2) is 0 Å². The highest BCUT2D eigenvalue weighted by Crippen LogP contribution is 2.29. The first kappa shape index (κ1) is 15.7. The molecule has 5 heteroatoms. The van der Waals surface area contributed by atoms with Crippen LogP contribution in [0, 0.1) is 0 Å². The van der Waals surface area contributed by atoms with Gasteiger partial charge in [0, 0.05) is 26.6 Å². The number of rotatable bonds is 6. The van der Waals surface area contributed by atoms with Crippen molar-refractivity contribution in [3.8, 4) is 0 Å². The molecule has 0 fully saturated rings. The SMILES string of the molecule is CO[Si](OC)(OC)C(C)c1ccc(C(C)S)cc1. The molecule has 0 aliphatic heterocycles. The summed E-state index contributed by atoms with van der Waals surface area (Å²) in [5.41, 5.74) is 2.46. The van der Waals surface area contributed by atoms with Crippen molar-refractivity contribution in [2.24, 2.45) is 0 Å². The third-order valence-corrected chi connectivity index (χ3v) is 6.70. The fraction of sp³-hybridized carbons (Fsp3) is 0.538. The quantitative estimate of drug-likeness (QED) is 0.643. The second-order valence-electron chi connectivity index (χ2n) is 4.28. The van der Waals surface area contributed by atoms with Gasteiger partial charge in [-0.05, 0) is 18.1 Å². The molecule has 0 spiro atoms. The average molecular weight is 286 g/mol. The summed E-state index contributed by atoms with van der Waals surface area (Å²) in [5.74, 6) is 0. The van der Waals surface area contributed by atoms with Gasteiger partial charge in [-0.2, -0.15) is 12.6 Å². The fourth-order valence-corrected chi connectivity index (χ4v) is 4.38. The maximum atomic E-state index is 5.51. The summed E-state index contributed by atoms with van der Waals surface area (Å²) in [5, 5.41) is 0.239. The van der Waals surface area contributed by atoms with E-state index in [1.165, 1.54) is 5.56 Å². The normalized spacial score (nSPS) is 15.4. The zero-order valence-electron chi connectivity index (χ0n) is 11.6. The predicted molar refractivity (Wildman–Crippen MR) is 79.0 cm³/mol. The van der Waals surface area contributed by atoms with E-state index in [2.05, 4.69) is 50.7 Å². The molecule has 3 nitrogen and oxygen atoms in total. The molecule has 2 unspecified atom stereocenters. The van der Waals surface area contributed by atoms with Crippen molar-refractivity contribution in [2.45, 2.75) is 24.6 Å². The van der Waals surface area contributed by atoms with Gasteiger partial charge in [0.05, 0.1) is 5.54 Å². The Balaban J connectivity index is 2.98. The van der Waals surface area contributed by atoms with Crippen molar-refractivity contribution in [2.75, 3.05) is 21.3 Å². The first-order valence-corrected chi connectivity index (χ1v) is 8.26. The highest BCUT2D eigenvalue weighted by molar-refractivity contribution is 7.80. The lowest BCUT2D eigenvalue weighted by molar-refractivity contribution is 0.114. The van der Waals surface area contributed by atoms with E-state index in [0.29, 0.717) is 0 Å². The van der Waals surface area contributed by atoms with Crippen LogP contribution in [-0.2, 0) is 13.3 Å². The first-order valence-electron chi connectivity index (χ1n) is 5.94. The fourth-order valence-electron chi connectivity index (χ4n) is 2.05. The van der Waals surface area contributed by atoms with E-state index in [4.69, 9.17) is 13.3 Å². The molecule has 2 atom stereocenters. The molecule has 18 heavy (non-hydrogen) atoms. The van der Waals surface area contributed by atoms with E-state index in [1.54, 1.807) is 21.3 Å². The highest BCUT2D eigenvalue weighted by Gasteiger charge is 2.45. The lowest BCUT2D eigenvalue weighted by atomic mass is 10.1. The summed E-state index contributed by atoms with van der Waals surface area (Å²) in [6.45, 7) is 4.13. The number of hydrogen-bond donors (Lipinski definition) is 1. The zero-order valence-corrected chi connectivity index (χ0v) is 13.5. The molecule has 0 heterocycles. The van der Waals surface area contributed by atoms with Gasteiger partial charge in [-0.15, -0.1) is 0 Å². The predicted octanol–water partition coefficient (Wildman–Crippen LogP) is 3.20. The average Bonchev–Trinajstić information content (AvgIpc) is 2.41. The van der Waals surface area contributed by atoms with E-state index in [1.807, 2.05) is 0 Å². The molecular formula is C13H22O3SSi. The van der Waals surface area contributed by atoms with Crippen LogP contribution in [0.4, 0.5) is 0 Å². The molecule has 1 aromatic rings. The summed E-state index contributed by atoms with van der Waals surface area (Å²) >= 11 is 4.42. The van der Waals surface area contributed by atoms with Gasteiger partial charge in [0.2, 0.25) is 0 Å². The molecule has 0 aromatic heterocycles. The summed E-state index contributed by atoms with van der Waals surface area (Å²) in [7, 11) is 2.29. The minimum absolute atomic E-state index is 0.0989. The van der Waals surface area contributed by atoms with E-state index < -0.39 is 8.80 Å². The van der Waals surface area contributed by atoms with Gasteiger partial charge in [0.1, 0.15) is 0 Å². The molecule has 0 radical (unpaired) electrons. The largest absolute Gasteiger partial charge is 0.507 e. The van der Waals surface area contributed by atoms with Gasteiger partial charge in [-0.3, -0.25) is 0 Å². The summed E-state index contributed by atoms with van der Waals surface area (Å²) < 4.78 is 16.5. The number of thiol groups is 1. The van der Waals surface area contributed by atoms with E-state index in [-0.39, 0.29) is 10.8 Å². The second-order valence-corrected chi connectivity index (χ2v) is 8.35. The van der Waals surface area contributed by atoms with Gasteiger partial charge in [-0.1, -0.05) is 31.2 Å². The van der Waals surface area contributed by atoms with Gasteiger partial charge < -0.3 is 13.3 Å². The summed E-state index contributed by atoms with van der Waals surface area (Å²) in [6, 6.07) is 8.35. The molecule has 0 N–H and O–H groups in total. The van der Waals surface area contributed by atoms with Crippen molar-refractivity contribution in [3.05, 3.63) is 35.4 Å². The molecule has 0 amide bonds. The van der Waals surface area contributed by atoms with Crippen LogP contribution in [0.1, 0.15) is 35.8 Å². The Morgan fingerprint density at radius 2 is 1.28 bits per heavy atom. The van der Waals surface area contributed by atoms with Crippen LogP contribution in [-0.4, -0.2) is 30.1 Å². The van der Waals surface area contributed by atoms with Crippen LogP contribution in [0.3, 0.4) is 0 Å². The van der Waals surface area contributed by atoms with Crippen molar-refractivity contribution in [3.63, 3.8) is 0 Å². The van der Waals surface area contributed by atoms with Gasteiger partial charge in [-0.25, -0.2) is 0 Å². The van der Waals surface area contributed by atoms with E-state index >= 15 is 0 Å². The topological polar surface area (TPSA) is 27.7 Å². The molecule has 1 aromatic carbocycles. The standard InChI is InChI=1S/C13H22O3SSi/c1-10(17)12-6-8-13(9-7-12)11(2)18(14-3,15-4)16-5/h6-11,17H,1-5H3. The molecule has 0 saturated heterocycles. The minimum Gasteiger partial charge on any atom is -0.376 e. The van der Waals surface area contributed by atoms with Crippen molar-refractivity contribution in [1.29, 1.82) is 0 Å². The number of hydrogen-bond acceptors (Lipinski definition) is 4. The molecule has 0 aliphatic carbocycles. The van der Waals surface area contributed by atoms with Crippen LogP contribution in [0.5, 0.6) is 0 Å². The van der Waals surface area contributed by atoms with Crippen LogP contribution in [0.25, 0.3) is 0 Å². The smallest absolute Gasteiger partial charge is 0.376 e. The Labute approximate surface area is 116 Å². The van der Waals surface area contributed by atoms with E-state index in [0.717, 1.165) is 5.56 Å². The Kier molecular flexibility index (Phi) is 5.87. The molecule has 0 bridgehead atoms. The van der Waals surface area contributed by atoms with E-state index in [9.17, 15) is 0 Å². The lowest BCUT2D eigenvalue weighted by Crippen LogP contribution is -2.48. The Bertz CT molecular complexity index is 355. The molecule has 0 saturated carbocycles. The number of benzene rings is 1. The van der Waals surface area contributed by atoms with Gasteiger partial charge >= 0.3 is 8.80 Å². The second kappa shape index (κ2) is 6.72. The maximum absolute atomic E-state index is 5.51. The first-order chi connectivity index (χ1) is 8.50. The molecule has 102 valence electrons. The molecule has 1 rings (SSSR count).